The summed E-state index contributed by atoms with van der Waals surface area (Å²) in [6.07, 6.45) is 0.572. The zero-order valence-electron chi connectivity index (χ0n) is 14.5. The molecule has 0 aromatic heterocycles. The molecule has 1 unspecified atom stereocenters. The van der Waals surface area contributed by atoms with Crippen molar-refractivity contribution in [2.45, 2.75) is 44.8 Å². The van der Waals surface area contributed by atoms with Crippen LogP contribution in [0.25, 0.3) is 0 Å². The van der Waals surface area contributed by atoms with Crippen molar-refractivity contribution in [2.75, 3.05) is 13.2 Å². The SMILES string of the molecule is CCCNC(=O)C(Cc1ccccc1)NC(=O)OC(=O)[C@]1(CC)CO1. The van der Waals surface area contributed by atoms with Gasteiger partial charge in [-0.25, -0.2) is 9.59 Å². The molecule has 1 heterocycles. The largest absolute Gasteiger partial charge is 0.415 e. The number of ether oxygens (including phenoxy) is 2. The molecule has 0 radical (unpaired) electrons. The third kappa shape index (κ3) is 5.29. The summed E-state index contributed by atoms with van der Waals surface area (Å²) in [6, 6.07) is 8.48. The van der Waals surface area contributed by atoms with E-state index in [1.807, 2.05) is 37.3 Å². The lowest BCUT2D eigenvalue weighted by atomic mass is 10.1. The van der Waals surface area contributed by atoms with Gasteiger partial charge in [0.25, 0.3) is 0 Å². The molecule has 2 rings (SSSR count). The number of esters is 1. The van der Waals surface area contributed by atoms with Crippen molar-refractivity contribution in [1.82, 2.24) is 10.6 Å². The first-order chi connectivity index (χ1) is 12.0. The number of epoxide rings is 1. The topological polar surface area (TPSA) is 97.0 Å². The molecule has 1 fully saturated rings. The zero-order valence-corrected chi connectivity index (χ0v) is 14.5. The molecule has 2 atom stereocenters. The van der Waals surface area contributed by atoms with Crippen LogP contribution in [-0.2, 0) is 25.5 Å². The fourth-order valence-corrected chi connectivity index (χ4v) is 2.33. The highest BCUT2D eigenvalue weighted by Gasteiger charge is 2.53. The van der Waals surface area contributed by atoms with Gasteiger partial charge in [-0.3, -0.25) is 4.79 Å². The Bertz CT molecular complexity index is 613. The number of hydrogen-bond acceptors (Lipinski definition) is 5. The van der Waals surface area contributed by atoms with Crippen LogP contribution >= 0.6 is 0 Å². The predicted octanol–water partition coefficient (Wildman–Crippen LogP) is 1.56. The van der Waals surface area contributed by atoms with Gasteiger partial charge in [0.2, 0.25) is 5.91 Å². The van der Waals surface area contributed by atoms with Gasteiger partial charge in [0.15, 0.2) is 5.60 Å². The van der Waals surface area contributed by atoms with Gasteiger partial charge in [-0.1, -0.05) is 44.2 Å². The van der Waals surface area contributed by atoms with Crippen molar-refractivity contribution in [3.05, 3.63) is 35.9 Å². The number of alkyl carbamates (subject to hydrolysis) is 1. The Morgan fingerprint density at radius 2 is 1.92 bits per heavy atom. The molecule has 1 aromatic carbocycles. The minimum Gasteiger partial charge on any atom is -0.374 e. The molecule has 136 valence electrons. The Balaban J connectivity index is 1.97. The maximum Gasteiger partial charge on any atom is 0.415 e. The Morgan fingerprint density at radius 1 is 1.24 bits per heavy atom. The third-order valence-corrected chi connectivity index (χ3v) is 4.06. The van der Waals surface area contributed by atoms with Crippen LogP contribution in [0.5, 0.6) is 0 Å². The number of hydrogen-bond donors (Lipinski definition) is 2. The van der Waals surface area contributed by atoms with Crippen LogP contribution in [0.3, 0.4) is 0 Å². The van der Waals surface area contributed by atoms with Crippen molar-refractivity contribution < 1.29 is 23.9 Å². The van der Waals surface area contributed by atoms with Crippen molar-refractivity contribution in [1.29, 1.82) is 0 Å². The zero-order chi connectivity index (χ0) is 18.3. The maximum absolute atomic E-state index is 12.3. The lowest BCUT2D eigenvalue weighted by Gasteiger charge is -2.18. The molecule has 0 spiro atoms. The van der Waals surface area contributed by atoms with Gasteiger partial charge in [-0.15, -0.1) is 0 Å². The molecule has 2 N–H and O–H groups in total. The van der Waals surface area contributed by atoms with Gasteiger partial charge in [0.05, 0.1) is 6.61 Å². The third-order valence-electron chi connectivity index (χ3n) is 4.06. The Kier molecular flexibility index (Phi) is 6.52. The molecular formula is C18H24N2O5. The standard InChI is InChI=1S/C18H24N2O5/c1-3-10-19-15(21)14(11-13-8-6-5-7-9-13)20-17(23)25-16(22)18(4-2)12-24-18/h5-9,14H,3-4,10-12H2,1-2H3,(H,19,21)(H,20,23)/t14?,18-/m0/s1. The van der Waals surface area contributed by atoms with Crippen LogP contribution < -0.4 is 10.6 Å². The second-order valence-corrected chi connectivity index (χ2v) is 5.99. The average molecular weight is 348 g/mol. The quantitative estimate of drug-likeness (QED) is 0.422. The van der Waals surface area contributed by atoms with Crippen LogP contribution in [0.15, 0.2) is 30.3 Å². The molecule has 0 bridgehead atoms. The van der Waals surface area contributed by atoms with Crippen molar-refractivity contribution in [2.24, 2.45) is 0 Å². The van der Waals surface area contributed by atoms with Gasteiger partial charge < -0.3 is 20.1 Å². The molecule has 0 aliphatic carbocycles. The van der Waals surface area contributed by atoms with E-state index >= 15 is 0 Å². The van der Waals surface area contributed by atoms with E-state index in [1.54, 1.807) is 6.92 Å². The summed E-state index contributed by atoms with van der Waals surface area (Å²) in [7, 11) is 0. The van der Waals surface area contributed by atoms with E-state index < -0.39 is 23.7 Å². The van der Waals surface area contributed by atoms with E-state index in [1.165, 1.54) is 0 Å². The van der Waals surface area contributed by atoms with E-state index in [4.69, 9.17) is 9.47 Å². The maximum atomic E-state index is 12.3. The molecule has 1 aromatic rings. The molecule has 0 saturated carbocycles. The summed E-state index contributed by atoms with van der Waals surface area (Å²) >= 11 is 0. The highest BCUT2D eigenvalue weighted by atomic mass is 16.7. The first-order valence-corrected chi connectivity index (χ1v) is 8.49. The molecule has 1 aliphatic rings. The summed E-state index contributed by atoms with van der Waals surface area (Å²) in [5.74, 6) is -1.04. The first kappa shape index (κ1) is 18.9. The van der Waals surface area contributed by atoms with Gasteiger partial charge in [-0.2, -0.15) is 0 Å². The lowest BCUT2D eigenvalue weighted by Crippen LogP contribution is -2.49. The predicted molar refractivity (Wildman–Crippen MR) is 90.8 cm³/mol. The Morgan fingerprint density at radius 3 is 2.48 bits per heavy atom. The molecule has 7 heteroatoms. The van der Waals surface area contributed by atoms with E-state index in [2.05, 4.69) is 10.6 Å². The fraction of sp³-hybridized carbons (Fsp3) is 0.500. The van der Waals surface area contributed by atoms with E-state index in [-0.39, 0.29) is 12.5 Å². The van der Waals surface area contributed by atoms with E-state index in [0.717, 1.165) is 12.0 Å². The number of carbonyl (C=O) groups excluding carboxylic acids is 3. The molecule has 1 aliphatic heterocycles. The highest BCUT2D eigenvalue weighted by Crippen LogP contribution is 2.31. The number of rotatable bonds is 8. The second-order valence-electron chi connectivity index (χ2n) is 5.99. The minimum atomic E-state index is -1.00. The number of benzene rings is 1. The summed E-state index contributed by atoms with van der Waals surface area (Å²) < 4.78 is 9.87. The van der Waals surface area contributed by atoms with Gasteiger partial charge in [-0.05, 0) is 18.4 Å². The summed E-state index contributed by atoms with van der Waals surface area (Å²) in [5.41, 5.74) is -0.113. The molecule has 25 heavy (non-hydrogen) atoms. The summed E-state index contributed by atoms with van der Waals surface area (Å²) in [4.78, 5) is 36.3. The molecule has 1 saturated heterocycles. The number of nitrogens with one attached hydrogen (secondary N) is 2. The second kappa shape index (κ2) is 8.62. The Hall–Kier alpha value is -2.41. The van der Waals surface area contributed by atoms with Gasteiger partial charge in [0, 0.05) is 13.0 Å². The van der Waals surface area contributed by atoms with Crippen LogP contribution in [-0.4, -0.2) is 42.8 Å². The monoisotopic (exact) mass is 348 g/mol. The number of amides is 2. The van der Waals surface area contributed by atoms with E-state index in [0.29, 0.717) is 19.4 Å². The fourth-order valence-electron chi connectivity index (χ4n) is 2.33. The highest BCUT2D eigenvalue weighted by molar-refractivity contribution is 5.93. The van der Waals surface area contributed by atoms with E-state index in [9.17, 15) is 14.4 Å². The minimum absolute atomic E-state index is 0.250. The number of carbonyl (C=O) groups is 3. The molecular weight excluding hydrogens is 324 g/mol. The van der Waals surface area contributed by atoms with Crippen LogP contribution in [0, 0.1) is 0 Å². The van der Waals surface area contributed by atoms with Crippen molar-refractivity contribution in [3.63, 3.8) is 0 Å². The summed E-state index contributed by atoms with van der Waals surface area (Å²) in [5, 5.41) is 5.23. The first-order valence-electron chi connectivity index (χ1n) is 8.49. The smallest absolute Gasteiger partial charge is 0.374 e. The molecule has 7 nitrogen and oxygen atoms in total. The average Bonchev–Trinajstić information content (AvgIpc) is 3.41. The van der Waals surface area contributed by atoms with Crippen molar-refractivity contribution >= 4 is 18.0 Å². The van der Waals surface area contributed by atoms with Crippen molar-refractivity contribution in [3.8, 4) is 0 Å². The van der Waals surface area contributed by atoms with Crippen LogP contribution in [0.2, 0.25) is 0 Å². The van der Waals surface area contributed by atoms with Gasteiger partial charge in [0.1, 0.15) is 6.04 Å². The van der Waals surface area contributed by atoms with Crippen LogP contribution in [0.1, 0.15) is 32.3 Å². The molecule has 2 amide bonds. The van der Waals surface area contributed by atoms with Crippen LogP contribution in [0.4, 0.5) is 4.79 Å². The normalized spacial score (nSPS) is 19.6. The lowest BCUT2D eigenvalue weighted by molar-refractivity contribution is -0.143. The Labute approximate surface area is 147 Å². The summed E-state index contributed by atoms with van der Waals surface area (Å²) in [6.45, 7) is 4.47. The van der Waals surface area contributed by atoms with Gasteiger partial charge >= 0.3 is 12.1 Å².